The molecule has 0 aliphatic heterocycles. The van der Waals surface area contributed by atoms with Gasteiger partial charge in [-0.15, -0.1) is 0 Å². The molecule has 1 aliphatic rings. The summed E-state index contributed by atoms with van der Waals surface area (Å²) in [6, 6.07) is 0. The van der Waals surface area contributed by atoms with Crippen molar-refractivity contribution in [2.45, 2.75) is 70.2 Å². The van der Waals surface area contributed by atoms with Gasteiger partial charge in [-0.3, -0.25) is 4.79 Å². The zero-order chi connectivity index (χ0) is 20.1. The first-order valence-electron chi connectivity index (χ1n) is 9.85. The third-order valence-corrected chi connectivity index (χ3v) is 4.79. The van der Waals surface area contributed by atoms with Crippen molar-refractivity contribution in [1.29, 1.82) is 0 Å². The van der Waals surface area contributed by atoms with Crippen molar-refractivity contribution < 1.29 is 25.2 Å². The van der Waals surface area contributed by atoms with Crippen molar-refractivity contribution >= 4 is 5.97 Å². The Balaban J connectivity index is 2.49. The van der Waals surface area contributed by atoms with Gasteiger partial charge < -0.3 is 20.4 Å². The van der Waals surface area contributed by atoms with E-state index < -0.39 is 24.3 Å². The van der Waals surface area contributed by atoms with Gasteiger partial charge in [0.1, 0.15) is 0 Å². The number of hydrogen-bond acceptors (Lipinski definition) is 4. The predicted molar refractivity (Wildman–Crippen MR) is 107 cm³/mol. The van der Waals surface area contributed by atoms with Gasteiger partial charge in [0, 0.05) is 18.8 Å². The summed E-state index contributed by atoms with van der Waals surface area (Å²) in [6.45, 7) is 2.09. The Hall–Kier alpha value is -1.69. The van der Waals surface area contributed by atoms with E-state index in [1.807, 2.05) is 24.3 Å². The molecule has 0 heterocycles. The number of carboxylic acids is 1. The molecule has 0 aromatic carbocycles. The van der Waals surface area contributed by atoms with Crippen LogP contribution in [0, 0.1) is 11.8 Å². The lowest BCUT2D eigenvalue weighted by Crippen LogP contribution is -2.20. The van der Waals surface area contributed by atoms with E-state index in [-0.39, 0.29) is 18.3 Å². The van der Waals surface area contributed by atoms with E-state index in [4.69, 9.17) is 5.11 Å². The van der Waals surface area contributed by atoms with E-state index in [2.05, 4.69) is 19.1 Å². The molecule has 152 valence electrons. The molecule has 5 heteroatoms. The van der Waals surface area contributed by atoms with Crippen LogP contribution >= 0.6 is 0 Å². The Bertz CT molecular complexity index is 535. The topological polar surface area (TPSA) is 98.0 Å². The third kappa shape index (κ3) is 9.70. The van der Waals surface area contributed by atoms with Gasteiger partial charge in [0.15, 0.2) is 0 Å². The fourth-order valence-corrected chi connectivity index (χ4v) is 3.29. The minimum absolute atomic E-state index is 0.0869. The molecule has 1 fully saturated rings. The van der Waals surface area contributed by atoms with Gasteiger partial charge >= 0.3 is 5.97 Å². The summed E-state index contributed by atoms with van der Waals surface area (Å²) in [7, 11) is 0. The molecule has 0 bridgehead atoms. The van der Waals surface area contributed by atoms with E-state index in [9.17, 15) is 20.1 Å². The van der Waals surface area contributed by atoms with Crippen molar-refractivity contribution in [2.75, 3.05) is 0 Å². The Labute approximate surface area is 162 Å². The van der Waals surface area contributed by atoms with E-state index in [0.29, 0.717) is 25.7 Å². The molecule has 1 saturated carbocycles. The van der Waals surface area contributed by atoms with Crippen molar-refractivity contribution in [3.8, 4) is 0 Å². The molecular formula is C22H34O5. The van der Waals surface area contributed by atoms with E-state index in [1.54, 1.807) is 12.2 Å². The average molecular weight is 379 g/mol. The SMILES string of the molecule is CC/C=C\C/C=C\C[C@@H](O)/C=C/[C@H]1[C@H](C/C=C\CCC(=O)O)[C@H](O)C[C@@H]1O. The number of aliphatic hydroxyl groups is 3. The molecule has 1 rings (SSSR count). The quantitative estimate of drug-likeness (QED) is 0.390. The summed E-state index contributed by atoms with van der Waals surface area (Å²) >= 11 is 0. The first-order chi connectivity index (χ1) is 13.0. The van der Waals surface area contributed by atoms with Crippen LogP contribution in [0.1, 0.15) is 51.9 Å². The average Bonchev–Trinajstić information content (AvgIpc) is 2.88. The predicted octanol–water partition coefficient (Wildman–Crippen LogP) is 3.38. The lowest BCUT2D eigenvalue weighted by molar-refractivity contribution is -0.136. The van der Waals surface area contributed by atoms with Crippen LogP contribution in [0.4, 0.5) is 0 Å². The highest BCUT2D eigenvalue weighted by Gasteiger charge is 2.39. The van der Waals surface area contributed by atoms with Crippen molar-refractivity contribution in [2.24, 2.45) is 11.8 Å². The van der Waals surface area contributed by atoms with Crippen LogP contribution in [-0.2, 0) is 4.79 Å². The highest BCUT2D eigenvalue weighted by molar-refractivity contribution is 5.66. The van der Waals surface area contributed by atoms with Crippen LogP contribution < -0.4 is 0 Å². The summed E-state index contributed by atoms with van der Waals surface area (Å²) in [5, 5.41) is 39.1. The maximum atomic E-state index is 10.5. The number of aliphatic hydroxyl groups excluding tert-OH is 3. The summed E-state index contributed by atoms with van der Waals surface area (Å²) in [4.78, 5) is 10.5. The Morgan fingerprint density at radius 3 is 2.52 bits per heavy atom. The van der Waals surface area contributed by atoms with E-state index in [0.717, 1.165) is 12.8 Å². The number of carboxylic acid groups (broad SMARTS) is 1. The summed E-state index contributed by atoms with van der Waals surface area (Å²) < 4.78 is 0. The van der Waals surface area contributed by atoms with Gasteiger partial charge in [-0.05, 0) is 38.0 Å². The zero-order valence-electron chi connectivity index (χ0n) is 16.2. The monoisotopic (exact) mass is 378 g/mol. The molecule has 0 unspecified atom stereocenters. The molecule has 0 aromatic rings. The van der Waals surface area contributed by atoms with Crippen LogP contribution in [0.3, 0.4) is 0 Å². The van der Waals surface area contributed by atoms with Crippen LogP contribution in [0.25, 0.3) is 0 Å². The normalized spacial score (nSPS) is 27.6. The Morgan fingerprint density at radius 1 is 1.07 bits per heavy atom. The smallest absolute Gasteiger partial charge is 0.303 e. The second kappa shape index (κ2) is 13.5. The van der Waals surface area contributed by atoms with Gasteiger partial charge in [0.05, 0.1) is 18.3 Å². The van der Waals surface area contributed by atoms with Crippen molar-refractivity contribution in [3.05, 3.63) is 48.6 Å². The van der Waals surface area contributed by atoms with Crippen LogP contribution in [0.2, 0.25) is 0 Å². The van der Waals surface area contributed by atoms with Crippen molar-refractivity contribution in [1.82, 2.24) is 0 Å². The largest absolute Gasteiger partial charge is 0.481 e. The number of rotatable bonds is 12. The molecule has 5 nitrogen and oxygen atoms in total. The molecular weight excluding hydrogens is 344 g/mol. The molecule has 0 radical (unpaired) electrons. The maximum Gasteiger partial charge on any atom is 0.303 e. The van der Waals surface area contributed by atoms with Crippen LogP contribution in [-0.4, -0.2) is 44.7 Å². The summed E-state index contributed by atoms with van der Waals surface area (Å²) in [5.74, 6) is -1.17. The van der Waals surface area contributed by atoms with Gasteiger partial charge in [-0.2, -0.15) is 0 Å². The van der Waals surface area contributed by atoms with E-state index in [1.165, 1.54) is 0 Å². The lowest BCUT2D eigenvalue weighted by atomic mass is 9.89. The lowest BCUT2D eigenvalue weighted by Gasteiger charge is -2.19. The van der Waals surface area contributed by atoms with Gasteiger partial charge in [0.2, 0.25) is 0 Å². The molecule has 0 amide bonds. The number of allylic oxidation sites excluding steroid dienone is 5. The van der Waals surface area contributed by atoms with Crippen LogP contribution in [0.15, 0.2) is 48.6 Å². The summed E-state index contributed by atoms with van der Waals surface area (Å²) in [6.07, 6.45) is 17.3. The fraction of sp³-hybridized carbons (Fsp3) is 0.591. The second-order valence-corrected chi connectivity index (χ2v) is 7.03. The number of aliphatic carboxylic acids is 1. The Kier molecular flexibility index (Phi) is 11.7. The van der Waals surface area contributed by atoms with Gasteiger partial charge in [-0.25, -0.2) is 0 Å². The highest BCUT2D eigenvalue weighted by atomic mass is 16.4. The molecule has 0 aromatic heterocycles. The standard InChI is InChI=1S/C22H34O5/c1-2-3-4-5-6-8-11-17(23)14-15-19-18(20(24)16-21(19)25)12-9-7-10-13-22(26)27/h3-4,6-9,14-15,17-21,23-25H,2,5,10-13,16H2,1H3,(H,26,27)/b4-3-,8-6-,9-7-,15-14+/t17-,18+,19+,20-,21+/m1/s1. The first kappa shape index (κ1) is 23.3. The van der Waals surface area contributed by atoms with E-state index >= 15 is 0 Å². The molecule has 27 heavy (non-hydrogen) atoms. The third-order valence-electron chi connectivity index (χ3n) is 4.79. The van der Waals surface area contributed by atoms with Crippen molar-refractivity contribution in [3.63, 3.8) is 0 Å². The minimum atomic E-state index is -0.832. The fourth-order valence-electron chi connectivity index (χ4n) is 3.29. The molecule has 0 spiro atoms. The zero-order valence-corrected chi connectivity index (χ0v) is 16.2. The number of carbonyl (C=O) groups is 1. The summed E-state index contributed by atoms with van der Waals surface area (Å²) in [5.41, 5.74) is 0. The first-order valence-corrected chi connectivity index (χ1v) is 9.85. The molecule has 5 atom stereocenters. The minimum Gasteiger partial charge on any atom is -0.481 e. The van der Waals surface area contributed by atoms with Gasteiger partial charge in [0.25, 0.3) is 0 Å². The van der Waals surface area contributed by atoms with Gasteiger partial charge in [-0.1, -0.05) is 55.5 Å². The van der Waals surface area contributed by atoms with Crippen LogP contribution in [0.5, 0.6) is 0 Å². The highest BCUT2D eigenvalue weighted by Crippen LogP contribution is 2.36. The molecule has 1 aliphatic carbocycles. The second-order valence-electron chi connectivity index (χ2n) is 7.03. The maximum absolute atomic E-state index is 10.5. The Morgan fingerprint density at radius 2 is 1.81 bits per heavy atom. The molecule has 0 saturated heterocycles. The number of hydrogen-bond donors (Lipinski definition) is 4. The molecule has 4 N–H and O–H groups in total.